The van der Waals surface area contributed by atoms with E-state index in [9.17, 15) is 4.79 Å². The van der Waals surface area contributed by atoms with E-state index in [1.807, 2.05) is 31.7 Å². The molecule has 1 amide bonds. The van der Waals surface area contributed by atoms with Gasteiger partial charge in [-0.25, -0.2) is 4.98 Å². The van der Waals surface area contributed by atoms with Crippen LogP contribution in [-0.4, -0.2) is 32.6 Å². The van der Waals surface area contributed by atoms with Crippen LogP contribution in [0.2, 0.25) is 0 Å². The molecule has 0 radical (unpaired) electrons. The second-order valence-corrected chi connectivity index (χ2v) is 4.88. The summed E-state index contributed by atoms with van der Waals surface area (Å²) in [6, 6.07) is 1.70. The maximum absolute atomic E-state index is 12.2. The van der Waals surface area contributed by atoms with Crippen LogP contribution in [-0.2, 0) is 13.6 Å². The Labute approximate surface area is 112 Å². The molecule has 0 spiro atoms. The van der Waals surface area contributed by atoms with Crippen LogP contribution in [0.1, 0.15) is 41.8 Å². The number of imidazole rings is 1. The number of aromatic nitrogens is 3. The first kappa shape index (κ1) is 13.3. The fourth-order valence-corrected chi connectivity index (χ4v) is 1.69. The maximum Gasteiger partial charge on any atom is 0.276 e. The highest BCUT2D eigenvalue weighted by molar-refractivity contribution is 5.92. The van der Waals surface area contributed by atoms with Crippen LogP contribution in [0.4, 0.5) is 0 Å². The molecule has 2 aromatic heterocycles. The van der Waals surface area contributed by atoms with Gasteiger partial charge in [0.25, 0.3) is 5.91 Å². The fourth-order valence-electron chi connectivity index (χ4n) is 1.69. The molecule has 0 aliphatic heterocycles. The zero-order valence-electron chi connectivity index (χ0n) is 11.6. The summed E-state index contributed by atoms with van der Waals surface area (Å²) < 4.78 is 7.02. The first-order valence-corrected chi connectivity index (χ1v) is 6.17. The van der Waals surface area contributed by atoms with Gasteiger partial charge >= 0.3 is 0 Å². The van der Waals surface area contributed by atoms with Gasteiger partial charge in [-0.05, 0) is 0 Å². The molecule has 0 bridgehead atoms. The number of rotatable bonds is 4. The molecule has 0 aliphatic rings. The lowest BCUT2D eigenvalue weighted by molar-refractivity contribution is 0.0770. The Balaban J connectivity index is 2.08. The van der Waals surface area contributed by atoms with Gasteiger partial charge in [-0.15, -0.1) is 0 Å². The van der Waals surface area contributed by atoms with E-state index in [1.165, 1.54) is 0 Å². The highest BCUT2D eigenvalue weighted by atomic mass is 16.5. The Morgan fingerprint density at radius 3 is 2.79 bits per heavy atom. The molecule has 6 nitrogen and oxygen atoms in total. The zero-order valence-corrected chi connectivity index (χ0v) is 11.6. The monoisotopic (exact) mass is 262 g/mol. The summed E-state index contributed by atoms with van der Waals surface area (Å²) in [5, 5.41) is 3.82. The molecule has 0 unspecified atom stereocenters. The molecule has 2 rings (SSSR count). The third-order valence-corrected chi connectivity index (χ3v) is 2.96. The summed E-state index contributed by atoms with van der Waals surface area (Å²) in [5.74, 6) is 1.59. The van der Waals surface area contributed by atoms with Gasteiger partial charge in [-0.2, -0.15) is 0 Å². The molecule has 0 atom stereocenters. The van der Waals surface area contributed by atoms with Crippen LogP contribution < -0.4 is 0 Å². The van der Waals surface area contributed by atoms with Crippen LogP contribution >= 0.6 is 0 Å². The average molecular weight is 262 g/mol. The number of aryl methyl sites for hydroxylation is 1. The van der Waals surface area contributed by atoms with E-state index in [2.05, 4.69) is 10.1 Å². The highest BCUT2D eigenvalue weighted by Crippen LogP contribution is 2.16. The molecular formula is C13H18N4O2. The molecule has 6 heteroatoms. The zero-order chi connectivity index (χ0) is 14.0. The normalized spacial score (nSPS) is 11.0. The SMILES string of the molecule is CC(C)c1cc(C(=O)N(C)Cc2nccn2C)no1. The van der Waals surface area contributed by atoms with Gasteiger partial charge in [0.15, 0.2) is 5.69 Å². The maximum atomic E-state index is 12.2. The molecule has 19 heavy (non-hydrogen) atoms. The minimum Gasteiger partial charge on any atom is -0.360 e. The molecule has 2 aromatic rings. The lowest BCUT2D eigenvalue weighted by Gasteiger charge is -2.14. The Kier molecular flexibility index (Phi) is 3.69. The van der Waals surface area contributed by atoms with Crippen LogP contribution in [0.3, 0.4) is 0 Å². The molecule has 0 saturated heterocycles. The predicted molar refractivity (Wildman–Crippen MR) is 69.6 cm³/mol. The number of carbonyl (C=O) groups is 1. The van der Waals surface area contributed by atoms with Gasteiger partial charge in [0, 0.05) is 38.5 Å². The molecular weight excluding hydrogens is 244 g/mol. The van der Waals surface area contributed by atoms with Crippen molar-refractivity contribution >= 4 is 5.91 Å². The van der Waals surface area contributed by atoms with Crippen molar-refractivity contribution < 1.29 is 9.32 Å². The van der Waals surface area contributed by atoms with E-state index < -0.39 is 0 Å². The summed E-state index contributed by atoms with van der Waals surface area (Å²) >= 11 is 0. The first-order chi connectivity index (χ1) is 8.99. The van der Waals surface area contributed by atoms with E-state index in [0.29, 0.717) is 18.0 Å². The molecule has 0 fully saturated rings. The van der Waals surface area contributed by atoms with Crippen molar-refractivity contribution in [1.82, 2.24) is 19.6 Å². The Hall–Kier alpha value is -2.11. The number of hydrogen-bond donors (Lipinski definition) is 0. The van der Waals surface area contributed by atoms with Crippen LogP contribution in [0, 0.1) is 0 Å². The van der Waals surface area contributed by atoms with Crippen molar-refractivity contribution in [2.24, 2.45) is 7.05 Å². The van der Waals surface area contributed by atoms with Crippen molar-refractivity contribution in [3.8, 4) is 0 Å². The topological polar surface area (TPSA) is 64.2 Å². The van der Waals surface area contributed by atoms with E-state index in [-0.39, 0.29) is 11.8 Å². The number of carbonyl (C=O) groups excluding carboxylic acids is 1. The summed E-state index contributed by atoms with van der Waals surface area (Å²) in [5.41, 5.74) is 0.334. The molecule has 102 valence electrons. The van der Waals surface area contributed by atoms with E-state index >= 15 is 0 Å². The van der Waals surface area contributed by atoms with E-state index in [1.54, 1.807) is 24.2 Å². The summed E-state index contributed by atoms with van der Waals surface area (Å²) in [6.07, 6.45) is 3.56. The minimum absolute atomic E-state index is 0.168. The minimum atomic E-state index is -0.168. The molecule has 0 aliphatic carbocycles. The number of nitrogens with zero attached hydrogens (tertiary/aromatic N) is 4. The van der Waals surface area contributed by atoms with Crippen molar-refractivity contribution in [1.29, 1.82) is 0 Å². The first-order valence-electron chi connectivity index (χ1n) is 6.17. The number of hydrogen-bond acceptors (Lipinski definition) is 4. The van der Waals surface area contributed by atoms with Crippen molar-refractivity contribution in [3.05, 3.63) is 35.7 Å². The summed E-state index contributed by atoms with van der Waals surface area (Å²) in [4.78, 5) is 17.9. The second-order valence-electron chi connectivity index (χ2n) is 4.88. The standard InChI is InChI=1S/C13H18N4O2/c1-9(2)11-7-10(15-19-11)13(18)17(4)8-12-14-5-6-16(12)3/h5-7,9H,8H2,1-4H3. The van der Waals surface area contributed by atoms with Crippen LogP contribution in [0.15, 0.2) is 23.0 Å². The summed E-state index contributed by atoms with van der Waals surface area (Å²) in [6.45, 7) is 4.42. The molecule has 0 saturated carbocycles. The highest BCUT2D eigenvalue weighted by Gasteiger charge is 2.19. The van der Waals surface area contributed by atoms with Gasteiger partial charge in [-0.3, -0.25) is 4.79 Å². The van der Waals surface area contributed by atoms with Gasteiger partial charge < -0.3 is 14.0 Å². The van der Waals surface area contributed by atoms with Crippen molar-refractivity contribution in [3.63, 3.8) is 0 Å². The Bertz CT molecular complexity index is 571. The fraction of sp³-hybridized carbons (Fsp3) is 0.462. The van der Waals surface area contributed by atoms with Gasteiger partial charge in [-0.1, -0.05) is 19.0 Å². The number of amides is 1. The van der Waals surface area contributed by atoms with Crippen molar-refractivity contribution in [2.75, 3.05) is 7.05 Å². The van der Waals surface area contributed by atoms with Gasteiger partial charge in [0.05, 0.1) is 6.54 Å². The Morgan fingerprint density at radius 1 is 1.53 bits per heavy atom. The lowest BCUT2D eigenvalue weighted by Crippen LogP contribution is -2.27. The second kappa shape index (κ2) is 5.26. The van der Waals surface area contributed by atoms with E-state index in [4.69, 9.17) is 4.52 Å². The Morgan fingerprint density at radius 2 is 2.26 bits per heavy atom. The van der Waals surface area contributed by atoms with Gasteiger partial charge in [0.2, 0.25) is 0 Å². The van der Waals surface area contributed by atoms with Crippen LogP contribution in [0.5, 0.6) is 0 Å². The predicted octanol–water partition coefficient (Wildman–Crippen LogP) is 1.80. The lowest BCUT2D eigenvalue weighted by atomic mass is 10.1. The smallest absolute Gasteiger partial charge is 0.276 e. The summed E-state index contributed by atoms with van der Waals surface area (Å²) in [7, 11) is 3.62. The quantitative estimate of drug-likeness (QED) is 0.842. The molecule has 2 heterocycles. The average Bonchev–Trinajstić information content (AvgIpc) is 2.98. The third-order valence-electron chi connectivity index (χ3n) is 2.96. The van der Waals surface area contributed by atoms with Gasteiger partial charge in [0.1, 0.15) is 11.6 Å². The molecule has 0 N–H and O–H groups in total. The molecule has 0 aromatic carbocycles. The van der Waals surface area contributed by atoms with Crippen molar-refractivity contribution in [2.45, 2.75) is 26.3 Å². The third kappa shape index (κ3) is 2.83. The van der Waals surface area contributed by atoms with E-state index in [0.717, 1.165) is 5.82 Å². The largest absolute Gasteiger partial charge is 0.360 e. The van der Waals surface area contributed by atoms with Crippen LogP contribution in [0.25, 0.3) is 0 Å².